The summed E-state index contributed by atoms with van der Waals surface area (Å²) in [4.78, 5) is 56.8. The van der Waals surface area contributed by atoms with E-state index in [2.05, 4.69) is 19.9 Å². The molecule has 1 N–H and O–H groups in total. The molecule has 0 saturated heterocycles. The van der Waals surface area contributed by atoms with E-state index in [0.717, 1.165) is 24.8 Å². The fourth-order valence-corrected chi connectivity index (χ4v) is 4.21. The van der Waals surface area contributed by atoms with E-state index >= 15 is 0 Å². The predicted octanol–water partition coefficient (Wildman–Crippen LogP) is 2.75. The number of aromatic amines is 1. The number of imidazole rings is 1. The lowest BCUT2D eigenvalue weighted by Crippen LogP contribution is -2.39. The van der Waals surface area contributed by atoms with Crippen LogP contribution in [0.15, 0.2) is 52.4 Å². The van der Waals surface area contributed by atoms with Crippen LogP contribution in [-0.2, 0) is 13.1 Å². The standard InChI is InChI=1S/C25H27N7O3/c1-3-13-31-22-20(24(34)32(25(31)35)18-6-7-18)28-21(29-22)17-5-8-19(27-14-17)23(33)30(4-2)15-16-9-11-26-12-10-16/h5,8-12,14,18H,3-4,6-7,13,15H2,1-2H3,(H,28,29). The highest BCUT2D eigenvalue weighted by atomic mass is 16.2. The van der Waals surface area contributed by atoms with Crippen molar-refractivity contribution in [1.29, 1.82) is 0 Å². The van der Waals surface area contributed by atoms with Crippen molar-refractivity contribution in [3.63, 3.8) is 0 Å². The fraction of sp³-hybridized carbons (Fsp3) is 0.360. The summed E-state index contributed by atoms with van der Waals surface area (Å²) in [5, 5.41) is 0. The SMILES string of the molecule is CCCn1c(=O)n(C2CC2)c(=O)c2[nH]c(-c3ccc(C(=O)N(CC)Cc4ccncc4)nc3)nc21. The minimum absolute atomic E-state index is 0.0325. The van der Waals surface area contributed by atoms with E-state index in [-0.39, 0.29) is 23.2 Å². The number of aryl methyl sites for hydroxylation is 1. The molecule has 4 heterocycles. The number of hydrogen-bond acceptors (Lipinski definition) is 6. The zero-order chi connectivity index (χ0) is 24.5. The second-order valence-electron chi connectivity index (χ2n) is 8.73. The molecule has 180 valence electrons. The molecule has 10 heteroatoms. The first-order valence-electron chi connectivity index (χ1n) is 11.9. The van der Waals surface area contributed by atoms with Crippen LogP contribution in [0, 0.1) is 0 Å². The minimum atomic E-state index is -0.340. The summed E-state index contributed by atoms with van der Waals surface area (Å²) in [7, 11) is 0. The molecule has 0 radical (unpaired) electrons. The summed E-state index contributed by atoms with van der Waals surface area (Å²) in [6, 6.07) is 7.13. The van der Waals surface area contributed by atoms with Crippen LogP contribution in [-0.4, -0.2) is 46.4 Å². The summed E-state index contributed by atoms with van der Waals surface area (Å²) < 4.78 is 2.92. The van der Waals surface area contributed by atoms with Crippen molar-refractivity contribution in [3.8, 4) is 11.4 Å². The molecule has 0 unspecified atom stereocenters. The van der Waals surface area contributed by atoms with Crippen LogP contribution in [0.25, 0.3) is 22.6 Å². The third-order valence-corrected chi connectivity index (χ3v) is 6.22. The first kappa shape index (κ1) is 22.7. The Hall–Kier alpha value is -4.08. The van der Waals surface area contributed by atoms with Gasteiger partial charge in [0, 0.05) is 49.8 Å². The van der Waals surface area contributed by atoms with Crippen LogP contribution in [0.3, 0.4) is 0 Å². The Morgan fingerprint density at radius 1 is 1.14 bits per heavy atom. The lowest BCUT2D eigenvalue weighted by molar-refractivity contribution is 0.0746. The van der Waals surface area contributed by atoms with Crippen molar-refractivity contribution in [1.82, 2.24) is 34.0 Å². The van der Waals surface area contributed by atoms with Crippen LogP contribution in [0.1, 0.15) is 55.2 Å². The number of H-pyrrole nitrogens is 1. The number of fused-ring (bicyclic) bond motifs is 1. The number of rotatable bonds is 8. The summed E-state index contributed by atoms with van der Waals surface area (Å²) in [5.74, 6) is 0.259. The van der Waals surface area contributed by atoms with E-state index in [9.17, 15) is 14.4 Å². The van der Waals surface area contributed by atoms with Gasteiger partial charge in [-0.25, -0.2) is 9.78 Å². The summed E-state index contributed by atoms with van der Waals surface area (Å²) >= 11 is 0. The van der Waals surface area contributed by atoms with Crippen LogP contribution >= 0.6 is 0 Å². The summed E-state index contributed by atoms with van der Waals surface area (Å²) in [6.07, 6.45) is 7.38. The maximum atomic E-state index is 13.0. The van der Waals surface area contributed by atoms with Crippen LogP contribution in [0.5, 0.6) is 0 Å². The summed E-state index contributed by atoms with van der Waals surface area (Å²) in [5.41, 5.74) is 1.95. The summed E-state index contributed by atoms with van der Waals surface area (Å²) in [6.45, 7) is 5.38. The number of hydrogen-bond donors (Lipinski definition) is 1. The molecule has 0 spiro atoms. The molecular weight excluding hydrogens is 446 g/mol. The van der Waals surface area contributed by atoms with Gasteiger partial charge in [0.05, 0.1) is 0 Å². The van der Waals surface area contributed by atoms with E-state index in [1.807, 2.05) is 26.0 Å². The van der Waals surface area contributed by atoms with Gasteiger partial charge in [-0.1, -0.05) is 6.92 Å². The van der Waals surface area contributed by atoms with Gasteiger partial charge in [-0.15, -0.1) is 0 Å². The Bertz CT molecular complexity index is 1480. The van der Waals surface area contributed by atoms with Gasteiger partial charge in [0.1, 0.15) is 17.0 Å². The quantitative estimate of drug-likeness (QED) is 0.420. The lowest BCUT2D eigenvalue weighted by atomic mass is 10.2. The molecule has 1 fully saturated rings. The molecule has 0 atom stereocenters. The zero-order valence-corrected chi connectivity index (χ0v) is 19.8. The Morgan fingerprint density at radius 2 is 1.91 bits per heavy atom. The van der Waals surface area contributed by atoms with Gasteiger partial charge in [0.2, 0.25) is 0 Å². The van der Waals surface area contributed by atoms with Crippen LogP contribution in [0.4, 0.5) is 0 Å². The van der Waals surface area contributed by atoms with Crippen LogP contribution in [0.2, 0.25) is 0 Å². The zero-order valence-electron chi connectivity index (χ0n) is 19.8. The minimum Gasteiger partial charge on any atom is -0.333 e. The number of aromatic nitrogens is 6. The van der Waals surface area contributed by atoms with Gasteiger partial charge in [-0.05, 0) is 56.0 Å². The van der Waals surface area contributed by atoms with Gasteiger partial charge in [-0.3, -0.25) is 28.7 Å². The average Bonchev–Trinajstić information content (AvgIpc) is 3.62. The molecule has 35 heavy (non-hydrogen) atoms. The van der Waals surface area contributed by atoms with Crippen molar-refractivity contribution < 1.29 is 4.79 Å². The fourth-order valence-electron chi connectivity index (χ4n) is 4.21. The van der Waals surface area contributed by atoms with Crippen molar-refractivity contribution in [3.05, 3.63) is 75.0 Å². The molecule has 1 saturated carbocycles. The molecule has 10 nitrogen and oxygen atoms in total. The number of nitrogens with zero attached hydrogens (tertiary/aromatic N) is 6. The molecule has 5 rings (SSSR count). The Labute approximate surface area is 201 Å². The maximum Gasteiger partial charge on any atom is 0.333 e. The van der Waals surface area contributed by atoms with Gasteiger partial charge in [0.15, 0.2) is 5.65 Å². The first-order valence-corrected chi connectivity index (χ1v) is 11.9. The lowest BCUT2D eigenvalue weighted by Gasteiger charge is -2.20. The third kappa shape index (κ3) is 4.27. The molecule has 0 aromatic carbocycles. The van der Waals surface area contributed by atoms with Gasteiger partial charge < -0.3 is 9.88 Å². The number of pyridine rings is 2. The Morgan fingerprint density at radius 3 is 2.54 bits per heavy atom. The monoisotopic (exact) mass is 473 g/mol. The topological polar surface area (TPSA) is 119 Å². The molecule has 0 aliphatic heterocycles. The van der Waals surface area contributed by atoms with E-state index in [1.54, 1.807) is 40.2 Å². The highest BCUT2D eigenvalue weighted by Crippen LogP contribution is 2.32. The molecular formula is C25H27N7O3. The molecule has 1 amide bonds. The van der Waals surface area contributed by atoms with E-state index < -0.39 is 0 Å². The van der Waals surface area contributed by atoms with Gasteiger partial charge in [-0.2, -0.15) is 0 Å². The normalized spacial score (nSPS) is 13.3. The maximum absolute atomic E-state index is 13.0. The number of carbonyl (C=O) groups is 1. The second kappa shape index (κ2) is 9.28. The Kier molecular flexibility index (Phi) is 6.02. The van der Waals surface area contributed by atoms with E-state index in [4.69, 9.17) is 0 Å². The smallest absolute Gasteiger partial charge is 0.333 e. The van der Waals surface area contributed by atoms with Crippen molar-refractivity contribution in [2.24, 2.45) is 0 Å². The molecule has 4 aromatic rings. The van der Waals surface area contributed by atoms with Gasteiger partial charge in [0.25, 0.3) is 11.5 Å². The highest BCUT2D eigenvalue weighted by Gasteiger charge is 2.30. The first-order chi connectivity index (χ1) is 17.0. The van der Waals surface area contributed by atoms with Crippen molar-refractivity contribution in [2.75, 3.05) is 6.54 Å². The van der Waals surface area contributed by atoms with Crippen molar-refractivity contribution >= 4 is 17.1 Å². The largest absolute Gasteiger partial charge is 0.333 e. The average molecular weight is 474 g/mol. The predicted molar refractivity (Wildman–Crippen MR) is 131 cm³/mol. The molecule has 1 aliphatic carbocycles. The van der Waals surface area contributed by atoms with Crippen LogP contribution < -0.4 is 11.2 Å². The number of carbonyl (C=O) groups excluding carboxylic acids is 1. The molecule has 1 aliphatic rings. The van der Waals surface area contributed by atoms with Crippen molar-refractivity contribution in [2.45, 2.75) is 52.2 Å². The number of nitrogens with one attached hydrogen (secondary N) is 1. The third-order valence-electron chi connectivity index (χ3n) is 6.22. The second-order valence-corrected chi connectivity index (χ2v) is 8.73. The number of amides is 1. The van der Waals surface area contributed by atoms with E-state index in [1.165, 1.54) is 4.57 Å². The highest BCUT2D eigenvalue weighted by molar-refractivity contribution is 5.92. The van der Waals surface area contributed by atoms with E-state index in [0.29, 0.717) is 47.9 Å². The molecule has 0 bridgehead atoms. The molecule has 4 aromatic heterocycles. The Balaban J connectivity index is 1.46. The van der Waals surface area contributed by atoms with Gasteiger partial charge >= 0.3 is 5.69 Å².